The minimum atomic E-state index is -0.444. The number of methoxy groups -OCH3 is 2. The van der Waals surface area contributed by atoms with E-state index in [2.05, 4.69) is 0 Å². The summed E-state index contributed by atoms with van der Waals surface area (Å²) >= 11 is 0. The van der Waals surface area contributed by atoms with Gasteiger partial charge in [-0.2, -0.15) is 0 Å². The van der Waals surface area contributed by atoms with E-state index in [0.29, 0.717) is 11.5 Å². The molecule has 0 aromatic heterocycles. The van der Waals surface area contributed by atoms with E-state index in [1.807, 2.05) is 12.1 Å². The number of halogens is 1. The molecule has 0 heterocycles. The third-order valence-corrected chi connectivity index (χ3v) is 2.03. The second-order valence-corrected chi connectivity index (χ2v) is 2.87. The van der Waals surface area contributed by atoms with Crippen molar-refractivity contribution >= 4 is 12.4 Å². The van der Waals surface area contributed by atoms with Crippen LogP contribution < -0.4 is 15.2 Å². The quantitative estimate of drug-likeness (QED) is 0.818. The molecule has 1 aromatic rings. The van der Waals surface area contributed by atoms with Crippen molar-refractivity contribution in [3.8, 4) is 11.5 Å². The van der Waals surface area contributed by atoms with E-state index in [0.717, 1.165) is 5.56 Å². The molecule has 0 amide bonds. The molecule has 0 aliphatic rings. The molecule has 4 nitrogen and oxygen atoms in total. The molecule has 0 radical (unpaired) electrons. The van der Waals surface area contributed by atoms with Gasteiger partial charge in [0.25, 0.3) is 0 Å². The fourth-order valence-electron chi connectivity index (χ4n) is 1.30. The second-order valence-electron chi connectivity index (χ2n) is 2.87. The minimum Gasteiger partial charge on any atom is -0.493 e. The smallest absolute Gasteiger partial charge is 0.165 e. The van der Waals surface area contributed by atoms with Crippen LogP contribution in [-0.4, -0.2) is 25.9 Å². The Kier molecular flexibility index (Phi) is 6.08. The van der Waals surface area contributed by atoms with Gasteiger partial charge < -0.3 is 20.3 Å². The van der Waals surface area contributed by atoms with Crippen molar-refractivity contribution in [2.45, 2.75) is 6.04 Å². The molecule has 1 atom stereocenters. The monoisotopic (exact) mass is 233 g/mol. The predicted octanol–water partition coefficient (Wildman–Crippen LogP) is 1.12. The first kappa shape index (κ1) is 14.0. The Hall–Kier alpha value is -0.970. The number of hydrogen-bond donors (Lipinski definition) is 2. The fraction of sp³-hybridized carbons (Fsp3) is 0.400. The molecule has 3 N–H and O–H groups in total. The second kappa shape index (κ2) is 6.50. The molecule has 0 fully saturated rings. The summed E-state index contributed by atoms with van der Waals surface area (Å²) < 4.78 is 10.3. The minimum absolute atomic E-state index is 0. The van der Waals surface area contributed by atoms with Gasteiger partial charge in [-0.25, -0.2) is 0 Å². The summed E-state index contributed by atoms with van der Waals surface area (Å²) in [6, 6.07) is 4.96. The van der Waals surface area contributed by atoms with Gasteiger partial charge in [-0.15, -0.1) is 12.4 Å². The lowest BCUT2D eigenvalue weighted by Crippen LogP contribution is -2.15. The van der Waals surface area contributed by atoms with Gasteiger partial charge in [0.15, 0.2) is 11.5 Å². The van der Waals surface area contributed by atoms with E-state index in [9.17, 15) is 0 Å². The Morgan fingerprint density at radius 2 is 2.00 bits per heavy atom. The SMILES string of the molecule is COc1cccc([C@H](N)CO)c1OC.Cl. The fourth-order valence-corrected chi connectivity index (χ4v) is 1.30. The summed E-state index contributed by atoms with van der Waals surface area (Å²) in [7, 11) is 3.11. The van der Waals surface area contributed by atoms with Gasteiger partial charge >= 0.3 is 0 Å². The maximum Gasteiger partial charge on any atom is 0.165 e. The van der Waals surface area contributed by atoms with Crippen molar-refractivity contribution in [1.29, 1.82) is 0 Å². The van der Waals surface area contributed by atoms with E-state index in [-0.39, 0.29) is 19.0 Å². The molecule has 0 aliphatic carbocycles. The van der Waals surface area contributed by atoms with Crippen molar-refractivity contribution in [2.75, 3.05) is 20.8 Å². The number of benzene rings is 1. The van der Waals surface area contributed by atoms with E-state index < -0.39 is 6.04 Å². The molecular weight excluding hydrogens is 218 g/mol. The molecule has 1 aromatic carbocycles. The highest BCUT2D eigenvalue weighted by Crippen LogP contribution is 2.33. The van der Waals surface area contributed by atoms with Crippen molar-refractivity contribution < 1.29 is 14.6 Å². The van der Waals surface area contributed by atoms with E-state index in [1.165, 1.54) is 0 Å². The van der Waals surface area contributed by atoms with Crippen LogP contribution in [0, 0.1) is 0 Å². The maximum atomic E-state index is 8.95. The average molecular weight is 234 g/mol. The summed E-state index contributed by atoms with van der Waals surface area (Å²) in [4.78, 5) is 0. The zero-order chi connectivity index (χ0) is 10.6. The first-order valence-electron chi connectivity index (χ1n) is 4.32. The van der Waals surface area contributed by atoms with Crippen LogP contribution in [0.5, 0.6) is 11.5 Å². The first-order chi connectivity index (χ1) is 6.74. The normalized spacial score (nSPS) is 11.5. The summed E-state index contributed by atoms with van der Waals surface area (Å²) in [5.41, 5.74) is 6.45. The van der Waals surface area contributed by atoms with Crippen molar-refractivity contribution in [1.82, 2.24) is 0 Å². The van der Waals surface area contributed by atoms with Gasteiger partial charge in [0.1, 0.15) is 0 Å². The number of ether oxygens (including phenoxy) is 2. The lowest BCUT2D eigenvalue weighted by atomic mass is 10.1. The largest absolute Gasteiger partial charge is 0.493 e. The highest BCUT2D eigenvalue weighted by atomic mass is 35.5. The molecule has 0 spiro atoms. The summed E-state index contributed by atoms with van der Waals surface area (Å²) in [5, 5.41) is 8.95. The third-order valence-electron chi connectivity index (χ3n) is 2.03. The van der Waals surface area contributed by atoms with Gasteiger partial charge in [0, 0.05) is 5.56 Å². The molecule has 0 saturated heterocycles. The number of rotatable bonds is 4. The standard InChI is InChI=1S/C10H15NO3.ClH/c1-13-9-5-3-4-7(8(11)6-12)10(9)14-2;/h3-5,8,12H,6,11H2,1-2H3;1H/t8-;/m1./s1. The molecule has 15 heavy (non-hydrogen) atoms. The lowest BCUT2D eigenvalue weighted by Gasteiger charge is -2.15. The number of para-hydroxylation sites is 1. The lowest BCUT2D eigenvalue weighted by molar-refractivity contribution is 0.263. The van der Waals surface area contributed by atoms with Crippen LogP contribution in [0.4, 0.5) is 0 Å². The van der Waals surface area contributed by atoms with Gasteiger partial charge in [-0.05, 0) is 6.07 Å². The highest BCUT2D eigenvalue weighted by molar-refractivity contribution is 5.85. The molecule has 86 valence electrons. The van der Waals surface area contributed by atoms with E-state index in [1.54, 1.807) is 20.3 Å². The Bertz CT molecular complexity index is 307. The van der Waals surface area contributed by atoms with Crippen molar-refractivity contribution in [3.63, 3.8) is 0 Å². The number of nitrogens with two attached hydrogens (primary N) is 1. The van der Waals surface area contributed by atoms with Gasteiger partial charge in [0.2, 0.25) is 0 Å². The third kappa shape index (κ3) is 2.99. The molecule has 0 unspecified atom stereocenters. The van der Waals surface area contributed by atoms with Crippen LogP contribution in [-0.2, 0) is 0 Å². The van der Waals surface area contributed by atoms with E-state index >= 15 is 0 Å². The molecule has 1 rings (SSSR count). The predicted molar refractivity (Wildman–Crippen MR) is 60.8 cm³/mol. The maximum absolute atomic E-state index is 8.95. The molecule has 0 saturated carbocycles. The number of aliphatic hydroxyl groups excluding tert-OH is 1. The zero-order valence-corrected chi connectivity index (χ0v) is 9.58. The van der Waals surface area contributed by atoms with Crippen LogP contribution in [0.3, 0.4) is 0 Å². The summed E-state index contributed by atoms with van der Waals surface area (Å²) in [5.74, 6) is 1.20. The van der Waals surface area contributed by atoms with Crippen LogP contribution in [0.1, 0.15) is 11.6 Å². The van der Waals surface area contributed by atoms with Gasteiger partial charge in [0.05, 0.1) is 26.9 Å². The molecular formula is C10H16ClNO3. The Balaban J connectivity index is 0.00000196. The Morgan fingerprint density at radius 1 is 1.33 bits per heavy atom. The average Bonchev–Trinajstić information content (AvgIpc) is 2.26. The Morgan fingerprint density at radius 3 is 2.47 bits per heavy atom. The topological polar surface area (TPSA) is 64.7 Å². The number of aliphatic hydroxyl groups is 1. The summed E-state index contributed by atoms with van der Waals surface area (Å²) in [6.07, 6.45) is 0. The van der Waals surface area contributed by atoms with E-state index in [4.69, 9.17) is 20.3 Å². The van der Waals surface area contributed by atoms with Crippen LogP contribution >= 0.6 is 12.4 Å². The van der Waals surface area contributed by atoms with Crippen LogP contribution in [0.2, 0.25) is 0 Å². The van der Waals surface area contributed by atoms with Crippen molar-refractivity contribution in [3.05, 3.63) is 23.8 Å². The first-order valence-corrected chi connectivity index (χ1v) is 4.32. The number of hydrogen-bond acceptors (Lipinski definition) is 4. The van der Waals surface area contributed by atoms with Crippen LogP contribution in [0.25, 0.3) is 0 Å². The summed E-state index contributed by atoms with van der Waals surface area (Å²) in [6.45, 7) is -0.122. The van der Waals surface area contributed by atoms with Crippen molar-refractivity contribution in [2.24, 2.45) is 5.73 Å². The van der Waals surface area contributed by atoms with Gasteiger partial charge in [-0.3, -0.25) is 0 Å². The Labute approximate surface area is 95.4 Å². The molecule has 0 bridgehead atoms. The van der Waals surface area contributed by atoms with Crippen LogP contribution in [0.15, 0.2) is 18.2 Å². The van der Waals surface area contributed by atoms with Gasteiger partial charge in [-0.1, -0.05) is 12.1 Å². The highest BCUT2D eigenvalue weighted by Gasteiger charge is 2.14. The molecule has 5 heteroatoms. The zero-order valence-electron chi connectivity index (χ0n) is 8.77. The molecule has 0 aliphatic heterocycles.